The molecule has 1 aliphatic rings. The normalized spacial score (nSPS) is 20.1. The lowest BCUT2D eigenvalue weighted by molar-refractivity contribution is 0.422. The highest BCUT2D eigenvalue weighted by Crippen LogP contribution is 2.32. The molecule has 0 radical (unpaired) electrons. The van der Waals surface area contributed by atoms with Crippen molar-refractivity contribution in [2.45, 2.75) is 19.3 Å². The van der Waals surface area contributed by atoms with Gasteiger partial charge in [-0.15, -0.1) is 0 Å². The first-order chi connectivity index (χ1) is 8.20. The fourth-order valence-electron chi connectivity index (χ4n) is 2.32. The fraction of sp³-hybridized carbons (Fsp3) is 0.462. The zero-order chi connectivity index (χ0) is 12.3. The van der Waals surface area contributed by atoms with Crippen LogP contribution >= 0.6 is 23.2 Å². The molecule has 0 bridgehead atoms. The van der Waals surface area contributed by atoms with E-state index >= 15 is 0 Å². The van der Waals surface area contributed by atoms with Crippen LogP contribution in [-0.2, 0) is 0 Å². The Morgan fingerprint density at radius 2 is 2.24 bits per heavy atom. The Labute approximate surface area is 112 Å². The molecule has 1 unspecified atom stereocenters. The summed E-state index contributed by atoms with van der Waals surface area (Å²) in [6.07, 6.45) is 2.88. The number of halogens is 2. The zero-order valence-electron chi connectivity index (χ0n) is 9.50. The van der Waals surface area contributed by atoms with Gasteiger partial charge in [0.1, 0.15) is 0 Å². The van der Waals surface area contributed by atoms with Gasteiger partial charge < -0.3 is 4.90 Å². The van der Waals surface area contributed by atoms with Crippen molar-refractivity contribution < 1.29 is 0 Å². The van der Waals surface area contributed by atoms with Crippen LogP contribution in [0.1, 0.15) is 19.3 Å². The summed E-state index contributed by atoms with van der Waals surface area (Å²) >= 11 is 12.1. The largest absolute Gasteiger partial charge is 0.370 e. The third-order valence-electron chi connectivity index (χ3n) is 3.15. The zero-order valence-corrected chi connectivity index (χ0v) is 11.0. The summed E-state index contributed by atoms with van der Waals surface area (Å²) < 4.78 is 0. The van der Waals surface area contributed by atoms with E-state index in [-0.39, 0.29) is 0 Å². The smallest absolute Gasteiger partial charge is 0.0654 e. The molecular formula is C13H14Cl2N2. The van der Waals surface area contributed by atoms with Gasteiger partial charge in [0.2, 0.25) is 0 Å². The number of anilines is 1. The standard InChI is InChI=1S/C13H14Cl2N2/c14-11-3-4-13(12(15)8-11)17-7-1-2-10(9-17)5-6-16/h3-4,8,10H,1-2,5,7,9H2. The van der Waals surface area contributed by atoms with E-state index in [2.05, 4.69) is 11.0 Å². The van der Waals surface area contributed by atoms with Crippen LogP contribution < -0.4 is 4.90 Å². The summed E-state index contributed by atoms with van der Waals surface area (Å²) in [6.45, 7) is 1.91. The molecule has 0 N–H and O–H groups in total. The summed E-state index contributed by atoms with van der Waals surface area (Å²) in [5.41, 5.74) is 1.03. The van der Waals surface area contributed by atoms with Crippen LogP contribution in [0.15, 0.2) is 18.2 Å². The van der Waals surface area contributed by atoms with Crippen molar-refractivity contribution in [3.8, 4) is 6.07 Å². The molecule has 1 aromatic rings. The topological polar surface area (TPSA) is 27.0 Å². The van der Waals surface area contributed by atoms with E-state index < -0.39 is 0 Å². The van der Waals surface area contributed by atoms with Crippen molar-refractivity contribution in [3.05, 3.63) is 28.2 Å². The lowest BCUT2D eigenvalue weighted by atomic mass is 9.95. The Hall–Kier alpha value is -0.910. The molecule has 1 atom stereocenters. The van der Waals surface area contributed by atoms with Crippen LogP contribution in [0.25, 0.3) is 0 Å². The molecule has 0 aromatic heterocycles. The van der Waals surface area contributed by atoms with E-state index in [4.69, 9.17) is 28.5 Å². The van der Waals surface area contributed by atoms with Crippen molar-refractivity contribution >= 4 is 28.9 Å². The van der Waals surface area contributed by atoms with E-state index in [0.717, 1.165) is 31.6 Å². The van der Waals surface area contributed by atoms with Crippen LogP contribution in [0.4, 0.5) is 5.69 Å². The van der Waals surface area contributed by atoms with Gasteiger partial charge in [0, 0.05) is 24.5 Å². The van der Waals surface area contributed by atoms with Crippen molar-refractivity contribution in [2.24, 2.45) is 5.92 Å². The maximum Gasteiger partial charge on any atom is 0.0654 e. The minimum absolute atomic E-state index is 0.459. The number of nitrogens with zero attached hydrogens (tertiary/aromatic N) is 2. The molecule has 1 aliphatic heterocycles. The summed E-state index contributed by atoms with van der Waals surface area (Å²) in [7, 11) is 0. The molecule has 2 rings (SSSR count). The van der Waals surface area contributed by atoms with Crippen LogP contribution in [0, 0.1) is 17.2 Å². The van der Waals surface area contributed by atoms with Crippen LogP contribution in [-0.4, -0.2) is 13.1 Å². The van der Waals surface area contributed by atoms with Gasteiger partial charge in [-0.25, -0.2) is 0 Å². The minimum Gasteiger partial charge on any atom is -0.370 e. The van der Waals surface area contributed by atoms with E-state index in [1.54, 1.807) is 6.07 Å². The van der Waals surface area contributed by atoms with Gasteiger partial charge in [0.15, 0.2) is 0 Å². The number of hydrogen-bond acceptors (Lipinski definition) is 2. The number of rotatable bonds is 2. The number of piperidine rings is 1. The van der Waals surface area contributed by atoms with Crippen LogP contribution in [0.5, 0.6) is 0 Å². The highest BCUT2D eigenvalue weighted by molar-refractivity contribution is 6.36. The second kappa shape index (κ2) is 5.62. The number of benzene rings is 1. The molecule has 90 valence electrons. The first kappa shape index (κ1) is 12.5. The van der Waals surface area contributed by atoms with Gasteiger partial charge in [0.25, 0.3) is 0 Å². The Morgan fingerprint density at radius 1 is 1.41 bits per heavy atom. The molecule has 0 spiro atoms. The first-order valence-corrected chi connectivity index (χ1v) is 6.53. The maximum atomic E-state index is 8.75. The average molecular weight is 269 g/mol. The van der Waals surface area contributed by atoms with Crippen molar-refractivity contribution in [1.29, 1.82) is 5.26 Å². The number of nitriles is 1. The fourth-order valence-corrected chi connectivity index (χ4v) is 2.85. The van der Waals surface area contributed by atoms with E-state index in [1.807, 2.05) is 12.1 Å². The maximum absolute atomic E-state index is 8.75. The SMILES string of the molecule is N#CCC1CCCN(c2ccc(Cl)cc2Cl)C1. The molecule has 4 heteroatoms. The Balaban J connectivity index is 2.14. The molecule has 1 heterocycles. The van der Waals surface area contributed by atoms with E-state index in [1.165, 1.54) is 0 Å². The molecule has 0 saturated carbocycles. The summed E-state index contributed by atoms with van der Waals surface area (Å²) in [5.74, 6) is 0.459. The molecule has 17 heavy (non-hydrogen) atoms. The number of hydrogen-bond donors (Lipinski definition) is 0. The monoisotopic (exact) mass is 268 g/mol. The van der Waals surface area contributed by atoms with Crippen LogP contribution in [0.3, 0.4) is 0 Å². The van der Waals surface area contributed by atoms with E-state index in [0.29, 0.717) is 22.4 Å². The Bertz CT molecular complexity index is 440. The second-order valence-corrected chi connectivity index (χ2v) is 5.26. The van der Waals surface area contributed by atoms with Crippen LogP contribution in [0.2, 0.25) is 10.0 Å². The van der Waals surface area contributed by atoms with Gasteiger partial charge in [-0.1, -0.05) is 23.2 Å². The summed E-state index contributed by atoms with van der Waals surface area (Å²) in [4.78, 5) is 2.25. The predicted molar refractivity (Wildman–Crippen MR) is 71.6 cm³/mol. The highest BCUT2D eigenvalue weighted by Gasteiger charge is 2.21. The molecule has 1 saturated heterocycles. The Morgan fingerprint density at radius 3 is 2.94 bits per heavy atom. The third kappa shape index (κ3) is 3.06. The third-order valence-corrected chi connectivity index (χ3v) is 3.69. The van der Waals surface area contributed by atoms with Crippen molar-refractivity contribution in [3.63, 3.8) is 0 Å². The highest BCUT2D eigenvalue weighted by atomic mass is 35.5. The van der Waals surface area contributed by atoms with Crippen molar-refractivity contribution in [2.75, 3.05) is 18.0 Å². The molecule has 2 nitrogen and oxygen atoms in total. The molecule has 0 aliphatic carbocycles. The van der Waals surface area contributed by atoms with E-state index in [9.17, 15) is 0 Å². The van der Waals surface area contributed by atoms with Gasteiger partial charge >= 0.3 is 0 Å². The van der Waals surface area contributed by atoms with Gasteiger partial charge in [-0.3, -0.25) is 0 Å². The molecule has 1 aromatic carbocycles. The summed E-state index contributed by atoms with van der Waals surface area (Å²) in [5, 5.41) is 10.1. The van der Waals surface area contributed by atoms with Crippen molar-refractivity contribution in [1.82, 2.24) is 0 Å². The van der Waals surface area contributed by atoms with Gasteiger partial charge in [-0.05, 0) is 37.0 Å². The average Bonchev–Trinajstić information content (AvgIpc) is 2.29. The predicted octanol–water partition coefficient (Wildman–Crippen LogP) is 4.12. The van der Waals surface area contributed by atoms with Gasteiger partial charge in [-0.2, -0.15) is 5.26 Å². The first-order valence-electron chi connectivity index (χ1n) is 5.77. The lowest BCUT2D eigenvalue weighted by Gasteiger charge is -2.34. The molecule has 1 fully saturated rings. The molecular weight excluding hydrogens is 255 g/mol. The second-order valence-electron chi connectivity index (χ2n) is 4.41. The lowest BCUT2D eigenvalue weighted by Crippen LogP contribution is -2.35. The molecule has 0 amide bonds. The quantitative estimate of drug-likeness (QED) is 0.807. The van der Waals surface area contributed by atoms with Gasteiger partial charge in [0.05, 0.1) is 16.8 Å². The summed E-state index contributed by atoms with van der Waals surface area (Å²) in [6, 6.07) is 7.84. The Kier molecular flexibility index (Phi) is 4.15. The minimum atomic E-state index is 0.459.